The number of nitrogens with zero attached hydrogens (tertiary/aromatic N) is 2. The quantitative estimate of drug-likeness (QED) is 0.924. The van der Waals surface area contributed by atoms with Crippen LogP contribution < -0.4 is 4.72 Å². The molecule has 2 rings (SSSR count). The Kier molecular flexibility index (Phi) is 3.91. The Morgan fingerprint density at radius 3 is 2.79 bits per heavy atom. The maximum Gasteiger partial charge on any atom is 0.262 e. The van der Waals surface area contributed by atoms with E-state index in [1.807, 2.05) is 6.92 Å². The lowest BCUT2D eigenvalue weighted by molar-refractivity contribution is 0.599. The van der Waals surface area contributed by atoms with Crippen molar-refractivity contribution in [3.8, 4) is 0 Å². The van der Waals surface area contributed by atoms with Crippen molar-refractivity contribution in [3.63, 3.8) is 0 Å². The van der Waals surface area contributed by atoms with Gasteiger partial charge in [-0.05, 0) is 41.1 Å². The maximum absolute atomic E-state index is 13.1. The van der Waals surface area contributed by atoms with E-state index in [0.717, 1.165) is 6.07 Å². The minimum absolute atomic E-state index is 0.0231. The number of benzene rings is 1. The molecule has 1 aromatic carbocycles. The molecule has 0 atom stereocenters. The highest BCUT2D eigenvalue weighted by molar-refractivity contribution is 9.10. The van der Waals surface area contributed by atoms with Crippen LogP contribution in [-0.4, -0.2) is 18.2 Å². The highest BCUT2D eigenvalue weighted by Gasteiger charge is 2.16. The van der Waals surface area contributed by atoms with Gasteiger partial charge in [0, 0.05) is 12.7 Å². The zero-order chi connectivity index (χ0) is 14.0. The molecular formula is C11H11BrFN3O2S. The Morgan fingerprint density at radius 1 is 1.47 bits per heavy atom. The van der Waals surface area contributed by atoms with Crippen molar-refractivity contribution >= 4 is 31.6 Å². The van der Waals surface area contributed by atoms with Gasteiger partial charge in [0.25, 0.3) is 10.0 Å². The Hall–Kier alpha value is -1.41. The van der Waals surface area contributed by atoms with E-state index < -0.39 is 15.8 Å². The van der Waals surface area contributed by atoms with Crippen molar-refractivity contribution in [3.05, 3.63) is 40.9 Å². The number of anilines is 1. The predicted octanol–water partition coefficient (Wildman–Crippen LogP) is 2.61. The summed E-state index contributed by atoms with van der Waals surface area (Å²) in [7, 11) is -3.75. The van der Waals surface area contributed by atoms with E-state index in [9.17, 15) is 12.8 Å². The molecule has 8 heteroatoms. The first kappa shape index (κ1) is 14.0. The van der Waals surface area contributed by atoms with Gasteiger partial charge in [-0.1, -0.05) is 0 Å². The molecule has 2 aromatic rings. The third-order valence-corrected chi connectivity index (χ3v) is 4.40. The Bertz CT molecular complexity index is 700. The minimum atomic E-state index is -3.75. The third kappa shape index (κ3) is 3.13. The molecule has 0 aliphatic rings. The van der Waals surface area contributed by atoms with Crippen molar-refractivity contribution in [1.29, 1.82) is 0 Å². The summed E-state index contributed by atoms with van der Waals surface area (Å²) < 4.78 is 41.3. The number of aromatic nitrogens is 2. The van der Waals surface area contributed by atoms with Crippen LogP contribution in [0.25, 0.3) is 0 Å². The van der Waals surface area contributed by atoms with Crippen LogP contribution in [0.15, 0.2) is 40.0 Å². The summed E-state index contributed by atoms with van der Waals surface area (Å²) >= 11 is 2.96. The molecule has 5 nitrogen and oxygen atoms in total. The topological polar surface area (TPSA) is 64.0 Å². The van der Waals surface area contributed by atoms with Gasteiger partial charge >= 0.3 is 0 Å². The molecule has 0 spiro atoms. The molecule has 1 N–H and O–H groups in total. The largest absolute Gasteiger partial charge is 0.276 e. The van der Waals surface area contributed by atoms with Crippen molar-refractivity contribution in [2.75, 3.05) is 4.72 Å². The average Bonchev–Trinajstić information content (AvgIpc) is 2.79. The van der Waals surface area contributed by atoms with Crippen LogP contribution in [0.2, 0.25) is 0 Å². The molecule has 0 amide bonds. The van der Waals surface area contributed by atoms with Gasteiger partial charge in [0.05, 0.1) is 21.3 Å². The van der Waals surface area contributed by atoms with Crippen LogP contribution in [0.5, 0.6) is 0 Å². The highest BCUT2D eigenvalue weighted by atomic mass is 79.9. The smallest absolute Gasteiger partial charge is 0.262 e. The SMILES string of the molecule is CCn1cc(NS(=O)(=O)c2ccc(F)c(Br)c2)cn1. The second kappa shape index (κ2) is 5.30. The van der Waals surface area contributed by atoms with E-state index >= 15 is 0 Å². The van der Waals surface area contributed by atoms with E-state index in [-0.39, 0.29) is 9.37 Å². The van der Waals surface area contributed by atoms with Gasteiger partial charge in [-0.2, -0.15) is 5.10 Å². The van der Waals surface area contributed by atoms with E-state index in [1.54, 1.807) is 10.9 Å². The summed E-state index contributed by atoms with van der Waals surface area (Å²) in [6.45, 7) is 2.53. The molecule has 102 valence electrons. The van der Waals surface area contributed by atoms with Gasteiger partial charge in [0.15, 0.2) is 0 Å². The number of hydrogen-bond donors (Lipinski definition) is 1. The second-order valence-electron chi connectivity index (χ2n) is 3.77. The molecule has 0 bridgehead atoms. The number of hydrogen-bond acceptors (Lipinski definition) is 3. The average molecular weight is 348 g/mol. The van der Waals surface area contributed by atoms with E-state index in [4.69, 9.17) is 0 Å². The Balaban J connectivity index is 2.29. The fourth-order valence-electron chi connectivity index (χ4n) is 1.45. The zero-order valence-electron chi connectivity index (χ0n) is 9.97. The van der Waals surface area contributed by atoms with E-state index in [1.165, 1.54) is 18.3 Å². The molecule has 1 aromatic heterocycles. The van der Waals surface area contributed by atoms with Gasteiger partial charge in [-0.25, -0.2) is 12.8 Å². The molecule has 0 unspecified atom stereocenters. The first-order valence-corrected chi connectivity index (χ1v) is 7.70. The summed E-state index contributed by atoms with van der Waals surface area (Å²) in [5.41, 5.74) is 0.363. The number of aryl methyl sites for hydroxylation is 1. The highest BCUT2D eigenvalue weighted by Crippen LogP contribution is 2.21. The molecular weight excluding hydrogens is 337 g/mol. The number of nitrogens with one attached hydrogen (secondary N) is 1. The summed E-state index contributed by atoms with van der Waals surface area (Å²) in [4.78, 5) is -0.0231. The standard InChI is InChI=1S/C11H11BrFN3O2S/c1-2-16-7-8(6-14-16)15-19(17,18)9-3-4-11(13)10(12)5-9/h3-7,15H,2H2,1H3. The van der Waals surface area contributed by atoms with Crippen molar-refractivity contribution in [1.82, 2.24) is 9.78 Å². The lowest BCUT2D eigenvalue weighted by atomic mass is 10.3. The molecule has 0 aliphatic heterocycles. The lowest BCUT2D eigenvalue weighted by Crippen LogP contribution is -2.12. The molecule has 0 saturated heterocycles. The van der Waals surface area contributed by atoms with Crippen molar-refractivity contribution in [2.24, 2.45) is 0 Å². The monoisotopic (exact) mass is 347 g/mol. The van der Waals surface area contributed by atoms with Crippen molar-refractivity contribution < 1.29 is 12.8 Å². The van der Waals surface area contributed by atoms with Crippen LogP contribution in [-0.2, 0) is 16.6 Å². The van der Waals surface area contributed by atoms with Crippen LogP contribution >= 0.6 is 15.9 Å². The lowest BCUT2D eigenvalue weighted by Gasteiger charge is -2.06. The molecule has 1 heterocycles. The number of rotatable bonds is 4. The third-order valence-electron chi connectivity index (χ3n) is 2.41. The van der Waals surface area contributed by atoms with Gasteiger partial charge in [0.2, 0.25) is 0 Å². The van der Waals surface area contributed by atoms with Crippen LogP contribution in [0.3, 0.4) is 0 Å². The minimum Gasteiger partial charge on any atom is -0.276 e. The van der Waals surface area contributed by atoms with Crippen LogP contribution in [0, 0.1) is 5.82 Å². The van der Waals surface area contributed by atoms with E-state index in [2.05, 4.69) is 25.8 Å². The van der Waals surface area contributed by atoms with Gasteiger partial charge in [-0.15, -0.1) is 0 Å². The van der Waals surface area contributed by atoms with Crippen LogP contribution in [0.4, 0.5) is 10.1 Å². The first-order chi connectivity index (χ1) is 8.92. The summed E-state index contributed by atoms with van der Waals surface area (Å²) in [6, 6.07) is 3.50. The molecule has 0 radical (unpaired) electrons. The summed E-state index contributed by atoms with van der Waals surface area (Å²) in [5.74, 6) is -0.516. The Labute approximate surface area is 118 Å². The molecule has 0 aliphatic carbocycles. The maximum atomic E-state index is 13.1. The van der Waals surface area contributed by atoms with E-state index in [0.29, 0.717) is 12.2 Å². The fraction of sp³-hybridized carbons (Fsp3) is 0.182. The van der Waals surface area contributed by atoms with Gasteiger partial charge < -0.3 is 0 Å². The fourth-order valence-corrected chi connectivity index (χ4v) is 3.03. The van der Waals surface area contributed by atoms with Gasteiger partial charge in [0.1, 0.15) is 5.82 Å². The normalized spacial score (nSPS) is 11.5. The predicted molar refractivity (Wildman–Crippen MR) is 72.8 cm³/mol. The Morgan fingerprint density at radius 2 is 2.21 bits per heavy atom. The number of sulfonamides is 1. The summed E-state index contributed by atoms with van der Waals surface area (Å²) in [5, 5.41) is 3.96. The molecule has 0 fully saturated rings. The molecule has 0 saturated carbocycles. The zero-order valence-corrected chi connectivity index (χ0v) is 12.4. The van der Waals surface area contributed by atoms with Crippen LogP contribution in [0.1, 0.15) is 6.92 Å². The second-order valence-corrected chi connectivity index (χ2v) is 6.30. The molecule has 19 heavy (non-hydrogen) atoms. The van der Waals surface area contributed by atoms with Gasteiger partial charge in [-0.3, -0.25) is 9.40 Å². The van der Waals surface area contributed by atoms with Crippen molar-refractivity contribution in [2.45, 2.75) is 18.4 Å². The number of halogens is 2. The summed E-state index contributed by atoms with van der Waals surface area (Å²) in [6.07, 6.45) is 3.00. The first-order valence-electron chi connectivity index (χ1n) is 5.42.